The molecule has 0 aliphatic carbocycles. The van der Waals surface area contributed by atoms with Gasteiger partial charge in [0, 0.05) is 48.2 Å². The SMILES string of the molecule is C.CC(C)(C)OC(=O)CCCOCCN=[N+]=[N-].CC(C)(C)OC(=O)CCCOCCO.CS(=O)(=O)Cl. The lowest BCUT2D eigenvalue weighted by molar-refractivity contribution is -0.156. The van der Waals surface area contributed by atoms with Gasteiger partial charge in [-0.2, -0.15) is 0 Å². The molecule has 0 aromatic carbocycles. The second-order valence-electron chi connectivity index (χ2n) is 8.96. The molecule has 0 aliphatic heterocycles. The molecule has 0 heterocycles. The van der Waals surface area contributed by atoms with Gasteiger partial charge >= 0.3 is 11.9 Å². The van der Waals surface area contributed by atoms with E-state index in [4.69, 9.17) is 29.6 Å². The van der Waals surface area contributed by atoms with Gasteiger partial charge in [-0.15, -0.1) is 0 Å². The van der Waals surface area contributed by atoms with Gasteiger partial charge in [-0.25, -0.2) is 8.42 Å². The second-order valence-corrected chi connectivity index (χ2v) is 12.0. The Morgan fingerprint density at radius 2 is 1.25 bits per heavy atom. The van der Waals surface area contributed by atoms with Crippen molar-refractivity contribution in [1.82, 2.24) is 0 Å². The van der Waals surface area contributed by atoms with Gasteiger partial charge in [-0.3, -0.25) is 9.59 Å². The van der Waals surface area contributed by atoms with Crippen LogP contribution < -0.4 is 0 Å². The Hall–Kier alpha value is -1.63. The third-order valence-electron chi connectivity index (χ3n) is 2.81. The summed E-state index contributed by atoms with van der Waals surface area (Å²) >= 11 is 0. The summed E-state index contributed by atoms with van der Waals surface area (Å²) in [5.74, 6) is -0.420. The largest absolute Gasteiger partial charge is 0.460 e. The number of esters is 2. The van der Waals surface area contributed by atoms with Crippen LogP contribution in [0.5, 0.6) is 0 Å². The molecule has 0 aromatic heterocycles. The molecule has 0 bridgehead atoms. The minimum absolute atomic E-state index is 0. The zero-order valence-corrected chi connectivity index (χ0v) is 23.5. The monoisotopic (exact) mass is 563 g/mol. The van der Waals surface area contributed by atoms with Crippen molar-refractivity contribution in [3.63, 3.8) is 0 Å². The molecule has 0 saturated carbocycles. The normalized spacial score (nSPS) is 10.8. The fraction of sp³-hybridized carbons (Fsp3) is 0.909. The molecule has 0 spiro atoms. The van der Waals surface area contributed by atoms with Crippen LogP contribution in [0.4, 0.5) is 0 Å². The maximum atomic E-state index is 11.2. The van der Waals surface area contributed by atoms with Crippen LogP contribution in [-0.4, -0.2) is 82.5 Å². The number of carbonyl (C=O) groups is 2. The van der Waals surface area contributed by atoms with Gasteiger partial charge in [-0.1, -0.05) is 12.5 Å². The zero-order chi connectivity index (χ0) is 28.0. The summed E-state index contributed by atoms with van der Waals surface area (Å²) in [6.45, 7) is 13.0. The maximum absolute atomic E-state index is 11.2. The van der Waals surface area contributed by atoms with Gasteiger partial charge in [0.25, 0.3) is 0 Å². The lowest BCUT2D eigenvalue weighted by Gasteiger charge is -2.19. The van der Waals surface area contributed by atoms with E-state index < -0.39 is 20.3 Å². The molecule has 1 N–H and O–H groups in total. The highest BCUT2D eigenvalue weighted by Gasteiger charge is 2.16. The topological polar surface area (TPSA) is 174 Å². The van der Waals surface area contributed by atoms with Crippen molar-refractivity contribution in [3.8, 4) is 0 Å². The first-order valence-electron chi connectivity index (χ1n) is 11.0. The molecular formula is C22H46ClN3O9S. The molecule has 0 fully saturated rings. The van der Waals surface area contributed by atoms with E-state index in [1.807, 2.05) is 41.5 Å². The molecule has 0 atom stereocenters. The summed E-state index contributed by atoms with van der Waals surface area (Å²) in [6.07, 6.45) is 2.89. The number of azide groups is 1. The van der Waals surface area contributed by atoms with E-state index in [-0.39, 0.29) is 26.0 Å². The van der Waals surface area contributed by atoms with Crippen molar-refractivity contribution < 1.29 is 42.1 Å². The lowest BCUT2D eigenvalue weighted by Crippen LogP contribution is -2.23. The Balaban J connectivity index is -0.000000235. The highest BCUT2D eigenvalue weighted by atomic mass is 35.7. The van der Waals surface area contributed by atoms with E-state index in [1.54, 1.807) is 0 Å². The smallest absolute Gasteiger partial charge is 0.306 e. The second kappa shape index (κ2) is 23.7. The van der Waals surface area contributed by atoms with Crippen molar-refractivity contribution in [1.29, 1.82) is 0 Å². The molecule has 0 radical (unpaired) electrons. The van der Waals surface area contributed by atoms with Crippen molar-refractivity contribution >= 4 is 31.7 Å². The van der Waals surface area contributed by atoms with E-state index in [0.717, 1.165) is 6.26 Å². The van der Waals surface area contributed by atoms with E-state index in [0.29, 0.717) is 58.7 Å². The molecule has 0 saturated heterocycles. The average molecular weight is 564 g/mol. The minimum atomic E-state index is -3.19. The van der Waals surface area contributed by atoms with Gasteiger partial charge in [0.05, 0.1) is 26.1 Å². The van der Waals surface area contributed by atoms with Crippen LogP contribution in [-0.2, 0) is 37.6 Å². The number of ether oxygens (including phenoxy) is 4. The lowest BCUT2D eigenvalue weighted by atomic mass is 10.2. The molecule has 14 heteroatoms. The van der Waals surface area contributed by atoms with Crippen molar-refractivity contribution in [2.45, 2.75) is 85.9 Å². The van der Waals surface area contributed by atoms with E-state index in [1.165, 1.54) is 0 Å². The number of halogens is 1. The fourth-order valence-electron chi connectivity index (χ4n) is 1.84. The van der Waals surface area contributed by atoms with Crippen molar-refractivity contribution in [2.75, 3.05) is 45.8 Å². The number of aliphatic hydroxyl groups is 1. The van der Waals surface area contributed by atoms with Gasteiger partial charge in [0.1, 0.15) is 11.2 Å². The average Bonchev–Trinajstić information content (AvgIpc) is 2.63. The molecule has 0 amide bonds. The summed E-state index contributed by atoms with van der Waals surface area (Å²) in [6, 6.07) is 0. The number of carbonyl (C=O) groups excluding carboxylic acids is 2. The third-order valence-corrected chi connectivity index (χ3v) is 2.81. The number of rotatable bonds is 13. The van der Waals surface area contributed by atoms with E-state index >= 15 is 0 Å². The fourth-order valence-corrected chi connectivity index (χ4v) is 1.84. The Morgan fingerprint density at radius 3 is 1.56 bits per heavy atom. The van der Waals surface area contributed by atoms with Crippen LogP contribution in [0.15, 0.2) is 5.11 Å². The summed E-state index contributed by atoms with van der Waals surface area (Å²) in [4.78, 5) is 25.0. The molecule has 216 valence electrons. The standard InChI is InChI=1S/C10H19N3O3.C10H20O4.CH3ClO2S.CH4/c1-10(2,3)16-9(14)5-4-7-15-8-6-12-13-11;1-10(2,3)14-9(12)5-4-7-13-8-6-11;1-5(2,3)4;/h4-8H2,1-3H3;11H,4-8H2,1-3H3;1H3;1H4. The first kappa shape index (κ1) is 41.5. The predicted molar refractivity (Wildman–Crippen MR) is 140 cm³/mol. The number of hydrogen-bond acceptors (Lipinski definition) is 10. The Labute approximate surface area is 221 Å². The maximum Gasteiger partial charge on any atom is 0.306 e. The van der Waals surface area contributed by atoms with Gasteiger partial charge in [0.2, 0.25) is 9.05 Å². The Bertz CT molecular complexity index is 707. The summed E-state index contributed by atoms with van der Waals surface area (Å²) < 4.78 is 39.2. The van der Waals surface area contributed by atoms with E-state index in [2.05, 4.69) is 20.7 Å². The van der Waals surface area contributed by atoms with Gasteiger partial charge in [-0.05, 0) is 59.9 Å². The van der Waals surface area contributed by atoms with Gasteiger partial charge in [0.15, 0.2) is 0 Å². The number of aliphatic hydroxyl groups excluding tert-OH is 1. The first-order valence-corrected chi connectivity index (χ1v) is 13.7. The summed E-state index contributed by atoms with van der Waals surface area (Å²) in [7, 11) is 1.31. The predicted octanol–water partition coefficient (Wildman–Crippen LogP) is 4.37. The highest BCUT2D eigenvalue weighted by molar-refractivity contribution is 8.13. The molecule has 12 nitrogen and oxygen atoms in total. The molecule has 0 unspecified atom stereocenters. The van der Waals surface area contributed by atoms with Crippen molar-refractivity contribution in [2.24, 2.45) is 5.11 Å². The minimum Gasteiger partial charge on any atom is -0.460 e. The summed E-state index contributed by atoms with van der Waals surface area (Å²) in [5, 5.41) is 11.7. The van der Waals surface area contributed by atoms with Crippen LogP contribution >= 0.6 is 10.7 Å². The van der Waals surface area contributed by atoms with E-state index in [9.17, 15) is 18.0 Å². The molecule has 0 aliphatic rings. The molecule has 36 heavy (non-hydrogen) atoms. The van der Waals surface area contributed by atoms with Crippen LogP contribution in [0.1, 0.15) is 74.7 Å². The van der Waals surface area contributed by atoms with Gasteiger partial charge < -0.3 is 24.1 Å². The molecule has 0 aromatic rings. The molecule has 0 rings (SSSR count). The third kappa shape index (κ3) is 53.6. The zero-order valence-electron chi connectivity index (χ0n) is 21.9. The van der Waals surface area contributed by atoms with Crippen LogP contribution in [0, 0.1) is 0 Å². The van der Waals surface area contributed by atoms with Crippen molar-refractivity contribution in [3.05, 3.63) is 10.4 Å². The number of hydrogen-bond donors (Lipinski definition) is 1. The highest BCUT2D eigenvalue weighted by Crippen LogP contribution is 2.09. The Kier molecular flexibility index (Phi) is 27.4. The van der Waals surface area contributed by atoms with Crippen LogP contribution in [0.3, 0.4) is 0 Å². The van der Waals surface area contributed by atoms with Crippen LogP contribution in [0.25, 0.3) is 10.4 Å². The molecular weight excluding hydrogens is 518 g/mol. The number of nitrogens with zero attached hydrogens (tertiary/aromatic N) is 3. The first-order chi connectivity index (χ1) is 15.9. The Morgan fingerprint density at radius 1 is 0.889 bits per heavy atom. The van der Waals surface area contributed by atoms with Crippen LogP contribution in [0.2, 0.25) is 0 Å². The summed E-state index contributed by atoms with van der Waals surface area (Å²) in [5.41, 5.74) is 7.15. The quantitative estimate of drug-likeness (QED) is 0.0851.